The molecular weight excluding hydrogens is 961 g/mol. The van der Waals surface area contributed by atoms with Crippen LogP contribution in [0.1, 0.15) is 176 Å². The Morgan fingerprint density at radius 1 is 0.500 bits per heavy atom. The fraction of sp³-hybridized carbons (Fsp3) is 0.607. The third-order valence-corrected chi connectivity index (χ3v) is 16.5. The van der Waals surface area contributed by atoms with Crippen LogP contribution in [-0.2, 0) is 14.4 Å². The van der Waals surface area contributed by atoms with Crippen molar-refractivity contribution >= 4 is 36.5 Å². The van der Waals surface area contributed by atoms with Gasteiger partial charge in [0.25, 0.3) is 0 Å². The lowest BCUT2D eigenvalue weighted by atomic mass is 9.62. The predicted octanol–water partition coefficient (Wildman–Crippen LogP) is 12.7. The number of nitrogens with one attached hydrogen (secondary N) is 3. The van der Waals surface area contributed by atoms with Gasteiger partial charge in [0.2, 0.25) is 18.2 Å². The number of rotatable bonds is 15. The van der Waals surface area contributed by atoms with Crippen LogP contribution in [-0.4, -0.2) is 74.3 Å². The van der Waals surface area contributed by atoms with Crippen molar-refractivity contribution in [3.05, 3.63) is 86.5 Å². The standard InChI is InChI=1S/C61H82N6O9/c1-37-20-47(39(3)41(5)51(37)75-54(72)63-32-60(14)26-44(66-35-69)23-57(9,10)29-60)50(46-18-16-17-19-49(46)74-53(71)62-31-59(13)25-43(65-34-68)22-56(7,8)28-59)48-21-38(2)52(42(6)40(48)4)76-55(73)64-33-61(15)27-45(67-36-70)24-58(11,12)30-61/h16-21,43-45,50H,22-33H2,1-15H3,(H,62,71)(H,63,72)(H,64,73). The van der Waals surface area contributed by atoms with Crippen molar-refractivity contribution in [2.24, 2.45) is 47.5 Å². The molecule has 0 saturated heterocycles. The Morgan fingerprint density at radius 3 is 1.17 bits per heavy atom. The van der Waals surface area contributed by atoms with Crippen LogP contribution >= 0.6 is 0 Å². The van der Waals surface area contributed by atoms with Crippen LogP contribution in [0.4, 0.5) is 14.4 Å². The first kappa shape index (κ1) is 58.9. The number of benzene rings is 3. The van der Waals surface area contributed by atoms with Crippen LogP contribution in [0.25, 0.3) is 0 Å². The molecule has 3 aliphatic carbocycles. The highest BCUT2D eigenvalue weighted by molar-refractivity contribution is 5.74. The van der Waals surface area contributed by atoms with Crippen LogP contribution in [0.15, 0.2) is 51.4 Å². The highest BCUT2D eigenvalue weighted by atomic mass is 16.6. The smallest absolute Gasteiger partial charge is 0.410 e. The van der Waals surface area contributed by atoms with Gasteiger partial charge >= 0.3 is 18.3 Å². The average molecular weight is 1040 g/mol. The summed E-state index contributed by atoms with van der Waals surface area (Å²) in [7, 11) is 0. The normalized spacial score (nSPS) is 25.7. The quantitative estimate of drug-likeness (QED) is 0.0751. The summed E-state index contributed by atoms with van der Waals surface area (Å²) in [6.07, 6.45) is 10.1. The number of isocyanates is 3. The predicted molar refractivity (Wildman–Crippen MR) is 294 cm³/mol. The second-order valence-electron chi connectivity index (χ2n) is 26.2. The van der Waals surface area contributed by atoms with Gasteiger partial charge < -0.3 is 30.2 Å². The number of para-hydroxylation sites is 1. The van der Waals surface area contributed by atoms with Gasteiger partial charge in [-0.1, -0.05) is 92.6 Å². The summed E-state index contributed by atoms with van der Waals surface area (Å²) >= 11 is 0. The monoisotopic (exact) mass is 1040 g/mol. The van der Waals surface area contributed by atoms with Crippen LogP contribution in [0.5, 0.6) is 17.2 Å². The van der Waals surface area contributed by atoms with Crippen molar-refractivity contribution in [1.82, 2.24) is 16.0 Å². The first-order valence-corrected chi connectivity index (χ1v) is 26.8. The van der Waals surface area contributed by atoms with Gasteiger partial charge in [-0.2, -0.15) is 0 Å². The van der Waals surface area contributed by atoms with Crippen molar-refractivity contribution in [1.29, 1.82) is 0 Å². The number of hydrogen-bond donors (Lipinski definition) is 3. The van der Waals surface area contributed by atoms with Gasteiger partial charge in [-0.05, 0) is 182 Å². The molecule has 410 valence electrons. The van der Waals surface area contributed by atoms with Gasteiger partial charge in [0.05, 0.1) is 18.1 Å². The second-order valence-corrected chi connectivity index (χ2v) is 26.2. The summed E-state index contributed by atoms with van der Waals surface area (Å²) in [5.41, 5.74) is 5.81. The van der Waals surface area contributed by atoms with E-state index in [0.717, 1.165) is 71.9 Å². The molecule has 6 rings (SSSR count). The Labute approximate surface area is 450 Å². The Hall–Kier alpha value is -6.39. The maximum Gasteiger partial charge on any atom is 0.412 e. The minimum atomic E-state index is -0.626. The molecule has 3 saturated carbocycles. The first-order valence-electron chi connectivity index (χ1n) is 26.8. The van der Waals surface area contributed by atoms with Crippen LogP contribution in [0.2, 0.25) is 0 Å². The third-order valence-electron chi connectivity index (χ3n) is 16.5. The molecule has 3 amide bonds. The number of aliphatic imine (C=N–C) groups is 3. The molecule has 0 aromatic heterocycles. The zero-order chi connectivity index (χ0) is 56.2. The van der Waals surface area contributed by atoms with Crippen molar-refractivity contribution < 1.29 is 43.0 Å². The van der Waals surface area contributed by atoms with Gasteiger partial charge in [0.1, 0.15) is 17.2 Å². The van der Waals surface area contributed by atoms with Crippen molar-refractivity contribution in [2.45, 2.75) is 186 Å². The topological polar surface area (TPSA) is 203 Å². The van der Waals surface area contributed by atoms with Crippen LogP contribution < -0.4 is 30.2 Å². The molecule has 0 spiro atoms. The molecule has 15 nitrogen and oxygen atoms in total. The summed E-state index contributed by atoms with van der Waals surface area (Å²) in [6.45, 7) is 31.8. The zero-order valence-electron chi connectivity index (χ0n) is 47.8. The van der Waals surface area contributed by atoms with Crippen LogP contribution in [0.3, 0.4) is 0 Å². The minimum Gasteiger partial charge on any atom is -0.410 e. The molecular formula is C61H82N6O9. The van der Waals surface area contributed by atoms with E-state index < -0.39 is 24.2 Å². The lowest BCUT2D eigenvalue weighted by Gasteiger charge is -2.45. The summed E-state index contributed by atoms with van der Waals surface area (Å²) < 4.78 is 18.6. The number of carbonyl (C=O) groups is 3. The number of aryl methyl sites for hydroxylation is 2. The fourth-order valence-electron chi connectivity index (χ4n) is 14.3. The molecule has 0 aliphatic heterocycles. The lowest BCUT2D eigenvalue weighted by molar-refractivity contribution is 0.0826. The van der Waals surface area contributed by atoms with E-state index in [2.05, 4.69) is 93.2 Å². The van der Waals surface area contributed by atoms with Gasteiger partial charge in [-0.25, -0.2) is 43.7 Å². The van der Waals surface area contributed by atoms with E-state index in [1.54, 1.807) is 24.3 Å². The Morgan fingerprint density at radius 2 is 0.829 bits per heavy atom. The molecule has 3 aromatic carbocycles. The van der Waals surface area contributed by atoms with Crippen molar-refractivity contribution in [3.8, 4) is 17.2 Å². The molecule has 3 aliphatic rings. The molecule has 3 aromatic rings. The average Bonchev–Trinajstić information content (AvgIpc) is 3.29. The van der Waals surface area contributed by atoms with Gasteiger partial charge in [-0.15, -0.1) is 0 Å². The van der Waals surface area contributed by atoms with E-state index in [-0.39, 0.29) is 50.6 Å². The largest absolute Gasteiger partial charge is 0.412 e. The van der Waals surface area contributed by atoms with E-state index in [1.165, 1.54) is 0 Å². The number of carbonyl (C=O) groups excluding carboxylic acids is 6. The van der Waals surface area contributed by atoms with E-state index in [4.69, 9.17) is 14.2 Å². The van der Waals surface area contributed by atoms with Gasteiger partial charge in [-0.3, -0.25) is 0 Å². The second kappa shape index (κ2) is 23.1. The maximum absolute atomic E-state index is 14.0. The third kappa shape index (κ3) is 14.5. The fourth-order valence-corrected chi connectivity index (χ4v) is 14.3. The molecule has 76 heavy (non-hydrogen) atoms. The number of hydrogen-bond acceptors (Lipinski definition) is 12. The zero-order valence-corrected chi connectivity index (χ0v) is 47.8. The molecule has 6 atom stereocenters. The first-order chi connectivity index (χ1) is 35.4. The molecule has 3 fully saturated rings. The van der Waals surface area contributed by atoms with Gasteiger partial charge in [0.15, 0.2) is 0 Å². The van der Waals surface area contributed by atoms with E-state index in [1.807, 2.05) is 71.9 Å². The maximum atomic E-state index is 14.0. The number of nitrogens with zero attached hydrogens (tertiary/aromatic N) is 3. The minimum absolute atomic E-state index is 0.0839. The highest BCUT2D eigenvalue weighted by Crippen LogP contribution is 2.50. The Bertz CT molecular complexity index is 2720. The van der Waals surface area contributed by atoms with E-state index >= 15 is 0 Å². The SMILES string of the molecule is Cc1cc(C(c2ccccc2OC(=O)NCC2(C)CC(N=C=O)CC(C)(C)C2)c2cc(C)c(OC(=O)NCC3(C)CC(N=C=O)CC(C)(C)C3)c(C)c2C)c(C)c(C)c1OC(=O)NCC1(C)CC(N=C=O)CC(C)(C)C1. The Kier molecular flexibility index (Phi) is 17.9. The molecule has 3 N–H and O–H groups in total. The number of ether oxygens (including phenoxy) is 3. The highest BCUT2D eigenvalue weighted by Gasteiger charge is 2.44. The molecule has 0 heterocycles. The lowest BCUT2D eigenvalue weighted by Crippen LogP contribution is -2.45. The molecule has 0 bridgehead atoms. The van der Waals surface area contributed by atoms with Crippen LogP contribution in [0, 0.1) is 74.0 Å². The summed E-state index contributed by atoms with van der Waals surface area (Å²) in [6, 6.07) is 10.9. The molecule has 15 heteroatoms. The Balaban J connectivity index is 1.34. The van der Waals surface area contributed by atoms with Crippen molar-refractivity contribution in [3.63, 3.8) is 0 Å². The van der Waals surface area contributed by atoms with Gasteiger partial charge in [0, 0.05) is 31.1 Å². The summed E-state index contributed by atoms with van der Waals surface area (Å²) in [5, 5.41) is 9.07. The van der Waals surface area contributed by atoms with E-state index in [9.17, 15) is 28.8 Å². The van der Waals surface area contributed by atoms with Crippen molar-refractivity contribution in [2.75, 3.05) is 19.6 Å². The molecule has 6 unspecified atom stereocenters. The summed E-state index contributed by atoms with van der Waals surface area (Å²) in [4.78, 5) is 87.4. The summed E-state index contributed by atoms with van der Waals surface area (Å²) in [5.74, 6) is 0.649. The van der Waals surface area contributed by atoms with E-state index in [0.29, 0.717) is 72.8 Å². The number of amides is 3. The molecule has 0 radical (unpaired) electrons.